The van der Waals surface area contributed by atoms with Crippen LogP contribution in [0.15, 0.2) is 24.3 Å². The van der Waals surface area contributed by atoms with E-state index in [0.29, 0.717) is 0 Å². The third-order valence-corrected chi connectivity index (χ3v) is 4.49. The second-order valence-electron chi connectivity index (χ2n) is 5.63. The van der Waals surface area contributed by atoms with Gasteiger partial charge in [0.1, 0.15) is 0 Å². The molecule has 1 aliphatic carbocycles. The molecule has 0 fully saturated rings. The van der Waals surface area contributed by atoms with Gasteiger partial charge in [0.05, 0.1) is 0 Å². The summed E-state index contributed by atoms with van der Waals surface area (Å²) >= 11 is 0. The molecule has 0 nitrogen and oxygen atoms in total. The van der Waals surface area contributed by atoms with Gasteiger partial charge in [0.25, 0.3) is 0 Å². The van der Waals surface area contributed by atoms with Crippen LogP contribution in [0.3, 0.4) is 0 Å². The van der Waals surface area contributed by atoms with E-state index >= 15 is 0 Å². The zero-order valence-electron chi connectivity index (χ0n) is 11.7. The summed E-state index contributed by atoms with van der Waals surface area (Å²) in [6.45, 7) is 8.93. The van der Waals surface area contributed by atoms with E-state index in [4.69, 9.17) is 0 Å². The van der Waals surface area contributed by atoms with E-state index in [9.17, 15) is 0 Å². The molecule has 0 radical (unpaired) electrons. The first kappa shape index (κ1) is 11.5. The first-order chi connectivity index (χ1) is 8.58. The fraction of sp³-hybridized carbons (Fsp3) is 0.333. The predicted molar refractivity (Wildman–Crippen MR) is 78.2 cm³/mol. The highest BCUT2D eigenvalue weighted by Crippen LogP contribution is 2.37. The topological polar surface area (TPSA) is 0 Å². The first-order valence-corrected chi connectivity index (χ1v) is 6.77. The molecule has 1 aliphatic rings. The Hall–Kier alpha value is -1.56. The monoisotopic (exact) mass is 236 g/mol. The van der Waals surface area contributed by atoms with Gasteiger partial charge in [0.2, 0.25) is 0 Å². The van der Waals surface area contributed by atoms with Gasteiger partial charge in [-0.05, 0) is 79.5 Å². The van der Waals surface area contributed by atoms with Crippen molar-refractivity contribution in [1.82, 2.24) is 0 Å². The molecule has 0 unspecified atom stereocenters. The van der Waals surface area contributed by atoms with Gasteiger partial charge in [-0.3, -0.25) is 0 Å². The third kappa shape index (κ3) is 1.59. The fourth-order valence-corrected chi connectivity index (χ4v) is 3.15. The summed E-state index contributed by atoms with van der Waals surface area (Å²) in [5.41, 5.74) is 11.8. The molecular weight excluding hydrogens is 216 g/mol. The molecule has 3 rings (SSSR count). The summed E-state index contributed by atoms with van der Waals surface area (Å²) in [4.78, 5) is 0. The van der Waals surface area contributed by atoms with Crippen molar-refractivity contribution in [3.63, 3.8) is 0 Å². The lowest BCUT2D eigenvalue weighted by Gasteiger charge is -2.24. The van der Waals surface area contributed by atoms with Crippen LogP contribution < -0.4 is 0 Å². The van der Waals surface area contributed by atoms with Crippen molar-refractivity contribution in [2.45, 2.75) is 40.5 Å². The lowest BCUT2D eigenvalue weighted by Crippen LogP contribution is -2.08. The Kier molecular flexibility index (Phi) is 2.55. The minimum Gasteiger partial charge on any atom is -0.0587 e. The van der Waals surface area contributed by atoms with Gasteiger partial charge in [-0.25, -0.2) is 0 Å². The smallest absolute Gasteiger partial charge is 0.0144 e. The molecule has 2 aromatic rings. The second kappa shape index (κ2) is 3.98. The molecule has 0 aromatic heterocycles. The van der Waals surface area contributed by atoms with E-state index in [1.807, 2.05) is 0 Å². The molecule has 0 atom stereocenters. The average molecular weight is 236 g/mol. The maximum atomic E-state index is 2.38. The molecule has 0 bridgehead atoms. The number of rotatable bonds is 0. The van der Waals surface area contributed by atoms with Crippen LogP contribution in [-0.2, 0) is 12.8 Å². The first-order valence-electron chi connectivity index (χ1n) is 6.77. The fourth-order valence-electron chi connectivity index (χ4n) is 3.15. The number of fused-ring (bicyclic) bond motifs is 3. The molecule has 0 spiro atoms. The SMILES string of the molecule is Cc1ccc2c(c1)CCc1c-2cc(C)c(C)c1C. The molecule has 18 heavy (non-hydrogen) atoms. The molecule has 0 saturated heterocycles. The van der Waals surface area contributed by atoms with Crippen LogP contribution in [0.4, 0.5) is 0 Å². The Balaban J connectivity index is 2.31. The van der Waals surface area contributed by atoms with Crippen molar-refractivity contribution < 1.29 is 0 Å². The second-order valence-corrected chi connectivity index (χ2v) is 5.63. The maximum absolute atomic E-state index is 2.38. The number of hydrogen-bond donors (Lipinski definition) is 0. The summed E-state index contributed by atoms with van der Waals surface area (Å²) < 4.78 is 0. The third-order valence-electron chi connectivity index (χ3n) is 4.49. The zero-order valence-corrected chi connectivity index (χ0v) is 11.7. The van der Waals surface area contributed by atoms with Gasteiger partial charge in [-0.1, -0.05) is 29.8 Å². The predicted octanol–water partition coefficient (Wildman–Crippen LogP) is 4.69. The van der Waals surface area contributed by atoms with Crippen LogP contribution >= 0.6 is 0 Å². The standard InChI is InChI=1S/C18H20/c1-11-5-7-17-15(9-11)6-8-16-14(4)13(3)12(2)10-18(16)17/h5,7,9-10H,6,8H2,1-4H3. The number of hydrogen-bond acceptors (Lipinski definition) is 0. The molecular formula is C18H20. The Labute approximate surface area is 110 Å². The van der Waals surface area contributed by atoms with Gasteiger partial charge >= 0.3 is 0 Å². The summed E-state index contributed by atoms with van der Waals surface area (Å²) in [5.74, 6) is 0. The van der Waals surface area contributed by atoms with E-state index in [2.05, 4.69) is 52.0 Å². The molecule has 0 heterocycles. The van der Waals surface area contributed by atoms with Crippen LogP contribution in [0.1, 0.15) is 33.4 Å². The highest BCUT2D eigenvalue weighted by Gasteiger charge is 2.19. The quantitative estimate of drug-likeness (QED) is 0.622. The van der Waals surface area contributed by atoms with Crippen molar-refractivity contribution >= 4 is 0 Å². The number of aryl methyl sites for hydroxylation is 3. The van der Waals surface area contributed by atoms with E-state index in [1.54, 1.807) is 5.56 Å². The maximum Gasteiger partial charge on any atom is -0.0144 e. The molecule has 2 aromatic carbocycles. The van der Waals surface area contributed by atoms with Gasteiger partial charge in [-0.2, -0.15) is 0 Å². The van der Waals surface area contributed by atoms with Crippen molar-refractivity contribution in [3.8, 4) is 11.1 Å². The molecule has 0 heteroatoms. The number of benzene rings is 2. The minimum atomic E-state index is 1.19. The largest absolute Gasteiger partial charge is 0.0587 e. The Morgan fingerprint density at radius 2 is 1.56 bits per heavy atom. The normalized spacial score (nSPS) is 13.1. The Bertz CT molecular complexity index is 633. The lowest BCUT2D eigenvalue weighted by atomic mass is 9.80. The highest BCUT2D eigenvalue weighted by atomic mass is 14.2. The molecule has 0 aliphatic heterocycles. The van der Waals surface area contributed by atoms with Crippen LogP contribution in [-0.4, -0.2) is 0 Å². The van der Waals surface area contributed by atoms with Crippen LogP contribution in [0.2, 0.25) is 0 Å². The van der Waals surface area contributed by atoms with E-state index < -0.39 is 0 Å². The van der Waals surface area contributed by atoms with Gasteiger partial charge in [0, 0.05) is 0 Å². The molecule has 0 N–H and O–H groups in total. The van der Waals surface area contributed by atoms with Crippen molar-refractivity contribution in [3.05, 3.63) is 57.6 Å². The van der Waals surface area contributed by atoms with Crippen molar-refractivity contribution in [2.75, 3.05) is 0 Å². The average Bonchev–Trinajstić information content (AvgIpc) is 2.35. The van der Waals surface area contributed by atoms with Gasteiger partial charge < -0.3 is 0 Å². The van der Waals surface area contributed by atoms with E-state index in [0.717, 1.165) is 0 Å². The Morgan fingerprint density at radius 1 is 0.778 bits per heavy atom. The summed E-state index contributed by atoms with van der Waals surface area (Å²) in [6.07, 6.45) is 2.38. The Morgan fingerprint density at radius 3 is 2.33 bits per heavy atom. The van der Waals surface area contributed by atoms with Crippen LogP contribution in [0.25, 0.3) is 11.1 Å². The zero-order chi connectivity index (χ0) is 12.9. The summed E-state index contributed by atoms with van der Waals surface area (Å²) in [5, 5.41) is 0. The highest BCUT2D eigenvalue weighted by molar-refractivity contribution is 5.76. The van der Waals surface area contributed by atoms with E-state index in [1.165, 1.54) is 51.8 Å². The minimum absolute atomic E-state index is 1.19. The van der Waals surface area contributed by atoms with Gasteiger partial charge in [-0.15, -0.1) is 0 Å². The molecule has 92 valence electrons. The van der Waals surface area contributed by atoms with Crippen molar-refractivity contribution in [2.24, 2.45) is 0 Å². The van der Waals surface area contributed by atoms with Gasteiger partial charge in [0.15, 0.2) is 0 Å². The molecule has 0 saturated carbocycles. The van der Waals surface area contributed by atoms with Crippen molar-refractivity contribution in [1.29, 1.82) is 0 Å². The van der Waals surface area contributed by atoms with Crippen LogP contribution in [0, 0.1) is 27.7 Å². The molecule has 0 amide bonds. The van der Waals surface area contributed by atoms with Crippen LogP contribution in [0.5, 0.6) is 0 Å². The summed E-state index contributed by atoms with van der Waals surface area (Å²) in [6, 6.07) is 9.27. The lowest BCUT2D eigenvalue weighted by molar-refractivity contribution is 0.923. The summed E-state index contributed by atoms with van der Waals surface area (Å²) in [7, 11) is 0. The van der Waals surface area contributed by atoms with E-state index in [-0.39, 0.29) is 0 Å².